The molecule has 1 aromatic heterocycles. The van der Waals surface area contributed by atoms with Crippen LogP contribution in [0.1, 0.15) is 39.6 Å². The molecule has 2 heterocycles. The third kappa shape index (κ3) is 3.70. The number of para-hydroxylation sites is 1. The van der Waals surface area contributed by atoms with Crippen LogP contribution in [0.5, 0.6) is 0 Å². The summed E-state index contributed by atoms with van der Waals surface area (Å²) in [6.07, 6.45) is -4.88. The number of aromatic nitrogens is 1. The minimum Gasteiger partial charge on any atom is -0.391 e. The minimum atomic E-state index is -4.42. The number of hydrogen-bond donors (Lipinski definition) is 1. The van der Waals surface area contributed by atoms with Crippen molar-refractivity contribution in [1.82, 2.24) is 9.88 Å². The molecule has 2 aromatic carbocycles. The van der Waals surface area contributed by atoms with Crippen LogP contribution in [0.25, 0.3) is 10.9 Å². The zero-order valence-electron chi connectivity index (χ0n) is 15.6. The lowest BCUT2D eigenvalue weighted by molar-refractivity contribution is -0.137. The minimum absolute atomic E-state index is 0.125. The Morgan fingerprint density at radius 1 is 1.14 bits per heavy atom. The van der Waals surface area contributed by atoms with Gasteiger partial charge >= 0.3 is 6.18 Å². The molecule has 2 atom stereocenters. The van der Waals surface area contributed by atoms with Gasteiger partial charge in [-0.15, -0.1) is 0 Å². The van der Waals surface area contributed by atoms with Gasteiger partial charge in [0.2, 0.25) is 0 Å². The summed E-state index contributed by atoms with van der Waals surface area (Å²) in [5, 5.41) is 10.9. The third-order valence-electron chi connectivity index (χ3n) is 5.24. The Morgan fingerprint density at radius 2 is 1.83 bits per heavy atom. The van der Waals surface area contributed by atoms with Gasteiger partial charge in [0.1, 0.15) is 0 Å². The van der Waals surface area contributed by atoms with Crippen molar-refractivity contribution >= 4 is 16.8 Å². The number of carbonyl (C=O) groups excluding carboxylic acids is 1. The molecule has 2 unspecified atom stereocenters. The highest BCUT2D eigenvalue weighted by molar-refractivity contribution is 6.06. The molecule has 0 radical (unpaired) electrons. The summed E-state index contributed by atoms with van der Waals surface area (Å²) in [6, 6.07) is 13.3. The summed E-state index contributed by atoms with van der Waals surface area (Å²) in [5.41, 5.74) is 1.69. The molecule has 0 aliphatic carbocycles. The number of amides is 1. The van der Waals surface area contributed by atoms with Gasteiger partial charge in [0.05, 0.1) is 28.8 Å². The van der Waals surface area contributed by atoms with E-state index in [1.807, 2.05) is 24.3 Å². The number of pyridine rings is 1. The van der Waals surface area contributed by atoms with Crippen LogP contribution in [0.4, 0.5) is 13.2 Å². The number of alkyl halides is 3. The highest BCUT2D eigenvalue weighted by Crippen LogP contribution is 2.36. The van der Waals surface area contributed by atoms with Gasteiger partial charge in [-0.05, 0) is 43.2 Å². The molecule has 7 heteroatoms. The summed E-state index contributed by atoms with van der Waals surface area (Å²) in [7, 11) is 0. The molecule has 1 aliphatic heterocycles. The maximum atomic E-state index is 13.4. The number of aliphatic hydroxyl groups excluding tert-OH is 1. The lowest BCUT2D eigenvalue weighted by atomic mass is 10.0. The van der Waals surface area contributed by atoms with Crippen LogP contribution in [0, 0.1) is 6.92 Å². The van der Waals surface area contributed by atoms with Crippen LogP contribution in [0.3, 0.4) is 0 Å². The number of β-amino-alcohol motifs (C(OH)–C–C–N with tert-alkyl or cyclic N) is 1. The van der Waals surface area contributed by atoms with Gasteiger partial charge in [-0.25, -0.2) is 0 Å². The van der Waals surface area contributed by atoms with Crippen LogP contribution in [-0.4, -0.2) is 33.5 Å². The molecular weight excluding hydrogens is 381 g/mol. The van der Waals surface area contributed by atoms with Crippen molar-refractivity contribution < 1.29 is 23.1 Å². The van der Waals surface area contributed by atoms with Crippen molar-refractivity contribution in [1.29, 1.82) is 0 Å². The first-order chi connectivity index (χ1) is 13.7. The normalized spacial score (nSPS) is 19.7. The van der Waals surface area contributed by atoms with Gasteiger partial charge in [-0.3, -0.25) is 9.78 Å². The molecule has 1 saturated heterocycles. The molecule has 1 amide bonds. The van der Waals surface area contributed by atoms with Crippen molar-refractivity contribution in [3.8, 4) is 0 Å². The summed E-state index contributed by atoms with van der Waals surface area (Å²) in [5.74, 6) is -0.270. The first-order valence-corrected chi connectivity index (χ1v) is 9.26. The van der Waals surface area contributed by atoms with Gasteiger partial charge in [0.15, 0.2) is 0 Å². The molecule has 1 fully saturated rings. The van der Waals surface area contributed by atoms with E-state index in [4.69, 9.17) is 0 Å². The van der Waals surface area contributed by atoms with E-state index in [9.17, 15) is 23.1 Å². The highest BCUT2D eigenvalue weighted by atomic mass is 19.4. The number of aryl methyl sites for hydroxylation is 1. The summed E-state index contributed by atoms with van der Waals surface area (Å²) >= 11 is 0. The number of nitrogens with zero attached hydrogens (tertiary/aromatic N) is 2. The van der Waals surface area contributed by atoms with E-state index in [0.717, 1.165) is 12.1 Å². The molecule has 29 heavy (non-hydrogen) atoms. The Labute approximate surface area is 165 Å². The van der Waals surface area contributed by atoms with Crippen molar-refractivity contribution in [2.45, 2.75) is 31.7 Å². The third-order valence-corrected chi connectivity index (χ3v) is 5.24. The topological polar surface area (TPSA) is 53.4 Å². The number of hydrogen-bond acceptors (Lipinski definition) is 3. The van der Waals surface area contributed by atoms with Crippen LogP contribution >= 0.6 is 0 Å². The fraction of sp³-hybridized carbons (Fsp3) is 0.273. The molecule has 0 bridgehead atoms. The Kier molecular flexibility index (Phi) is 4.78. The molecular formula is C22H19F3N2O2. The molecule has 150 valence electrons. The Bertz CT molecular complexity index is 1060. The van der Waals surface area contributed by atoms with Gasteiger partial charge in [-0.1, -0.05) is 30.3 Å². The maximum Gasteiger partial charge on any atom is 0.416 e. The van der Waals surface area contributed by atoms with Gasteiger partial charge in [-0.2, -0.15) is 13.2 Å². The first kappa shape index (κ1) is 19.4. The Balaban J connectivity index is 1.71. The average molecular weight is 400 g/mol. The second-order valence-corrected chi connectivity index (χ2v) is 7.31. The fourth-order valence-electron chi connectivity index (χ4n) is 3.89. The molecule has 4 rings (SSSR count). The lowest BCUT2D eigenvalue weighted by Gasteiger charge is -2.26. The van der Waals surface area contributed by atoms with Gasteiger partial charge in [0, 0.05) is 17.6 Å². The van der Waals surface area contributed by atoms with Crippen LogP contribution < -0.4 is 0 Å². The quantitative estimate of drug-likeness (QED) is 0.689. The van der Waals surface area contributed by atoms with Crippen molar-refractivity contribution in [2.24, 2.45) is 0 Å². The highest BCUT2D eigenvalue weighted by Gasteiger charge is 2.37. The Hall–Kier alpha value is -2.93. The summed E-state index contributed by atoms with van der Waals surface area (Å²) in [6.45, 7) is 1.93. The predicted molar refractivity (Wildman–Crippen MR) is 102 cm³/mol. The molecule has 1 N–H and O–H groups in total. The van der Waals surface area contributed by atoms with Crippen molar-refractivity contribution in [3.05, 3.63) is 77.0 Å². The predicted octanol–water partition coefficient (Wildman–Crippen LogP) is 4.51. The standard InChI is InChI=1S/C22H19F3N2O2/c1-13-10-18(17-4-2-3-5-19(17)26-13)21(29)27-12-16(28)11-20(27)14-6-8-15(9-7-14)22(23,24)25/h2-10,16,20,28H,11-12H2,1H3. The van der Waals surface area contributed by atoms with Crippen LogP contribution in [-0.2, 0) is 6.18 Å². The largest absolute Gasteiger partial charge is 0.416 e. The van der Waals surface area contributed by atoms with E-state index in [0.29, 0.717) is 27.7 Å². The molecule has 1 aliphatic rings. The van der Waals surface area contributed by atoms with E-state index in [1.165, 1.54) is 17.0 Å². The first-order valence-electron chi connectivity index (χ1n) is 9.26. The van der Waals surface area contributed by atoms with Crippen molar-refractivity contribution in [3.63, 3.8) is 0 Å². The molecule has 4 nitrogen and oxygen atoms in total. The maximum absolute atomic E-state index is 13.4. The number of halogens is 3. The number of benzene rings is 2. The van der Waals surface area contributed by atoms with Crippen LogP contribution in [0.2, 0.25) is 0 Å². The Morgan fingerprint density at radius 3 is 2.52 bits per heavy atom. The average Bonchev–Trinajstić information content (AvgIpc) is 3.08. The van der Waals surface area contributed by atoms with E-state index in [1.54, 1.807) is 13.0 Å². The second kappa shape index (κ2) is 7.15. The van der Waals surface area contributed by atoms with E-state index in [-0.39, 0.29) is 18.9 Å². The zero-order chi connectivity index (χ0) is 20.8. The van der Waals surface area contributed by atoms with Crippen molar-refractivity contribution in [2.75, 3.05) is 6.54 Å². The monoisotopic (exact) mass is 400 g/mol. The molecule has 0 saturated carbocycles. The van der Waals surface area contributed by atoms with Gasteiger partial charge in [0.25, 0.3) is 5.91 Å². The second-order valence-electron chi connectivity index (χ2n) is 7.31. The van der Waals surface area contributed by atoms with E-state index >= 15 is 0 Å². The number of fused-ring (bicyclic) bond motifs is 1. The van der Waals surface area contributed by atoms with E-state index in [2.05, 4.69) is 4.98 Å². The summed E-state index contributed by atoms with van der Waals surface area (Å²) < 4.78 is 38.6. The SMILES string of the molecule is Cc1cc(C(=O)N2CC(O)CC2c2ccc(C(F)(F)F)cc2)c2ccccc2n1. The fourth-order valence-corrected chi connectivity index (χ4v) is 3.89. The molecule has 3 aromatic rings. The number of aliphatic hydroxyl groups is 1. The van der Waals surface area contributed by atoms with E-state index < -0.39 is 23.9 Å². The zero-order valence-corrected chi connectivity index (χ0v) is 15.6. The number of carbonyl (C=O) groups is 1. The lowest BCUT2D eigenvalue weighted by Crippen LogP contribution is -2.32. The number of likely N-dealkylation sites (tertiary alicyclic amines) is 1. The van der Waals surface area contributed by atoms with Gasteiger partial charge < -0.3 is 10.0 Å². The summed E-state index contributed by atoms with van der Waals surface area (Å²) in [4.78, 5) is 19.4. The van der Waals surface area contributed by atoms with Crippen LogP contribution in [0.15, 0.2) is 54.6 Å². The molecule has 0 spiro atoms. The smallest absolute Gasteiger partial charge is 0.391 e. The number of rotatable bonds is 2.